The quantitative estimate of drug-likeness (QED) is 0.855. The molecule has 0 aliphatic carbocycles. The van der Waals surface area contributed by atoms with Crippen LogP contribution in [-0.4, -0.2) is 14.2 Å². The summed E-state index contributed by atoms with van der Waals surface area (Å²) in [5.74, 6) is 0.114. The van der Waals surface area contributed by atoms with Gasteiger partial charge in [-0.1, -0.05) is 29.8 Å². The van der Waals surface area contributed by atoms with E-state index in [2.05, 4.69) is 4.72 Å². The molecule has 1 aromatic rings. The van der Waals surface area contributed by atoms with Gasteiger partial charge in [0.15, 0.2) is 0 Å². The molecule has 0 unspecified atom stereocenters. The maximum atomic E-state index is 11.3. The van der Waals surface area contributed by atoms with Crippen molar-refractivity contribution in [1.29, 1.82) is 0 Å². The minimum atomic E-state index is -3.13. The van der Waals surface area contributed by atoms with Gasteiger partial charge >= 0.3 is 0 Å². The molecule has 15 heavy (non-hydrogen) atoms. The second kappa shape index (κ2) is 4.77. The number of aryl methyl sites for hydroxylation is 1. The van der Waals surface area contributed by atoms with Crippen LogP contribution in [0.4, 0.5) is 0 Å². The molecule has 1 aromatic carbocycles. The second-order valence-electron chi connectivity index (χ2n) is 3.65. The SMILES string of the molecule is CCS(=O)(=O)N[C@@H](C)c1ccc(C)cc1. The van der Waals surface area contributed by atoms with Gasteiger partial charge in [0.05, 0.1) is 5.75 Å². The molecule has 4 heteroatoms. The van der Waals surface area contributed by atoms with Crippen LogP contribution in [-0.2, 0) is 10.0 Å². The number of hydrogen-bond donors (Lipinski definition) is 1. The smallest absolute Gasteiger partial charge is 0.211 e. The van der Waals surface area contributed by atoms with E-state index in [4.69, 9.17) is 0 Å². The van der Waals surface area contributed by atoms with Crippen molar-refractivity contribution < 1.29 is 8.42 Å². The molecule has 1 atom stereocenters. The van der Waals surface area contributed by atoms with Crippen LogP contribution in [0.25, 0.3) is 0 Å². The van der Waals surface area contributed by atoms with Crippen molar-refractivity contribution in [2.75, 3.05) is 5.75 Å². The third-order valence-corrected chi connectivity index (χ3v) is 3.79. The van der Waals surface area contributed by atoms with E-state index in [1.165, 1.54) is 5.56 Å². The number of sulfonamides is 1. The van der Waals surface area contributed by atoms with Gasteiger partial charge in [0.2, 0.25) is 10.0 Å². The van der Waals surface area contributed by atoms with Crippen LogP contribution < -0.4 is 4.72 Å². The van der Waals surface area contributed by atoms with E-state index in [0.717, 1.165) is 5.56 Å². The van der Waals surface area contributed by atoms with E-state index in [-0.39, 0.29) is 11.8 Å². The lowest BCUT2D eigenvalue weighted by Gasteiger charge is -2.13. The molecule has 84 valence electrons. The van der Waals surface area contributed by atoms with Gasteiger partial charge in [-0.15, -0.1) is 0 Å². The van der Waals surface area contributed by atoms with Crippen LogP contribution in [0.5, 0.6) is 0 Å². The number of hydrogen-bond acceptors (Lipinski definition) is 2. The highest BCUT2D eigenvalue weighted by Crippen LogP contribution is 2.13. The maximum absolute atomic E-state index is 11.3. The van der Waals surface area contributed by atoms with Crippen LogP contribution >= 0.6 is 0 Å². The van der Waals surface area contributed by atoms with Crippen LogP contribution in [0.1, 0.15) is 31.0 Å². The Hall–Kier alpha value is -0.870. The van der Waals surface area contributed by atoms with Crippen LogP contribution in [0, 0.1) is 6.92 Å². The predicted octanol–water partition coefficient (Wildman–Crippen LogP) is 2.00. The van der Waals surface area contributed by atoms with Crippen LogP contribution in [0.2, 0.25) is 0 Å². The lowest BCUT2D eigenvalue weighted by Crippen LogP contribution is -2.28. The molecule has 0 aliphatic rings. The fraction of sp³-hybridized carbons (Fsp3) is 0.455. The van der Waals surface area contributed by atoms with Crippen molar-refractivity contribution >= 4 is 10.0 Å². The van der Waals surface area contributed by atoms with Crippen molar-refractivity contribution in [2.45, 2.75) is 26.8 Å². The maximum Gasteiger partial charge on any atom is 0.211 e. The Morgan fingerprint density at radius 3 is 2.27 bits per heavy atom. The number of rotatable bonds is 4. The monoisotopic (exact) mass is 227 g/mol. The summed E-state index contributed by atoms with van der Waals surface area (Å²) in [5.41, 5.74) is 2.15. The van der Waals surface area contributed by atoms with Gasteiger partial charge in [0, 0.05) is 6.04 Å². The lowest BCUT2D eigenvalue weighted by molar-refractivity contribution is 0.568. The van der Waals surface area contributed by atoms with Crippen molar-refractivity contribution in [3.63, 3.8) is 0 Å². The van der Waals surface area contributed by atoms with Crippen molar-refractivity contribution in [1.82, 2.24) is 4.72 Å². The van der Waals surface area contributed by atoms with Crippen molar-refractivity contribution in [3.8, 4) is 0 Å². The zero-order chi connectivity index (χ0) is 11.5. The normalized spacial score (nSPS) is 13.8. The fourth-order valence-corrected chi connectivity index (χ4v) is 2.12. The van der Waals surface area contributed by atoms with Crippen molar-refractivity contribution in [3.05, 3.63) is 35.4 Å². The molecule has 3 nitrogen and oxygen atoms in total. The third kappa shape index (κ3) is 3.64. The van der Waals surface area contributed by atoms with Gasteiger partial charge in [-0.3, -0.25) is 0 Å². The minimum absolute atomic E-state index is 0.114. The van der Waals surface area contributed by atoms with Crippen LogP contribution in [0.15, 0.2) is 24.3 Å². The first-order chi connectivity index (χ1) is 6.94. The Balaban J connectivity index is 2.78. The van der Waals surface area contributed by atoms with E-state index >= 15 is 0 Å². The highest BCUT2D eigenvalue weighted by molar-refractivity contribution is 7.89. The zero-order valence-corrected chi connectivity index (χ0v) is 10.1. The van der Waals surface area contributed by atoms with Gasteiger partial charge < -0.3 is 0 Å². The molecule has 0 spiro atoms. The van der Waals surface area contributed by atoms with E-state index in [9.17, 15) is 8.42 Å². The molecule has 0 aliphatic heterocycles. The molecule has 0 radical (unpaired) electrons. The molecule has 0 saturated heterocycles. The lowest BCUT2D eigenvalue weighted by atomic mass is 10.1. The Labute approximate surface area is 91.6 Å². The summed E-state index contributed by atoms with van der Waals surface area (Å²) in [4.78, 5) is 0. The first kappa shape index (κ1) is 12.2. The first-order valence-corrected chi connectivity index (χ1v) is 6.66. The average molecular weight is 227 g/mol. The highest BCUT2D eigenvalue weighted by atomic mass is 32.2. The minimum Gasteiger partial charge on any atom is -0.212 e. The topological polar surface area (TPSA) is 46.2 Å². The third-order valence-electron chi connectivity index (χ3n) is 2.31. The summed E-state index contributed by atoms with van der Waals surface area (Å²) in [6, 6.07) is 7.67. The van der Waals surface area contributed by atoms with Crippen molar-refractivity contribution in [2.24, 2.45) is 0 Å². The second-order valence-corrected chi connectivity index (χ2v) is 5.70. The molecular formula is C11H17NO2S. The van der Waals surface area contributed by atoms with Gasteiger partial charge in [0.1, 0.15) is 0 Å². The molecular weight excluding hydrogens is 210 g/mol. The Kier molecular flexibility index (Phi) is 3.88. The van der Waals surface area contributed by atoms with E-state index in [1.807, 2.05) is 38.1 Å². The summed E-state index contributed by atoms with van der Waals surface area (Å²) < 4.78 is 25.3. The van der Waals surface area contributed by atoms with E-state index < -0.39 is 10.0 Å². The Morgan fingerprint density at radius 1 is 1.27 bits per heavy atom. The van der Waals surface area contributed by atoms with Gasteiger partial charge in [-0.05, 0) is 26.3 Å². The molecule has 1 N–H and O–H groups in total. The van der Waals surface area contributed by atoms with Gasteiger partial charge in [-0.2, -0.15) is 0 Å². The Morgan fingerprint density at radius 2 is 1.80 bits per heavy atom. The zero-order valence-electron chi connectivity index (χ0n) is 9.32. The molecule has 0 saturated carbocycles. The number of nitrogens with one attached hydrogen (secondary N) is 1. The fourth-order valence-electron chi connectivity index (χ4n) is 1.28. The summed E-state index contributed by atoms with van der Waals surface area (Å²) in [6.45, 7) is 5.48. The molecule has 0 amide bonds. The van der Waals surface area contributed by atoms with E-state index in [0.29, 0.717) is 0 Å². The molecule has 0 aromatic heterocycles. The summed E-state index contributed by atoms with van der Waals surface area (Å²) in [5, 5.41) is 0. The largest absolute Gasteiger partial charge is 0.212 e. The van der Waals surface area contributed by atoms with Gasteiger partial charge in [0.25, 0.3) is 0 Å². The summed E-state index contributed by atoms with van der Waals surface area (Å²) in [7, 11) is -3.13. The Bertz CT molecular complexity index is 409. The molecule has 0 bridgehead atoms. The highest BCUT2D eigenvalue weighted by Gasteiger charge is 2.12. The standard InChI is InChI=1S/C11H17NO2S/c1-4-15(13,14)12-10(3)11-7-5-9(2)6-8-11/h5-8,10,12H,4H2,1-3H3/t10-/m0/s1. The van der Waals surface area contributed by atoms with E-state index in [1.54, 1.807) is 6.92 Å². The first-order valence-electron chi connectivity index (χ1n) is 5.01. The summed E-state index contributed by atoms with van der Waals surface area (Å²) >= 11 is 0. The molecule has 0 heterocycles. The summed E-state index contributed by atoms with van der Waals surface area (Å²) in [6.07, 6.45) is 0. The van der Waals surface area contributed by atoms with Crippen LogP contribution in [0.3, 0.4) is 0 Å². The molecule has 1 rings (SSSR count). The predicted molar refractivity (Wildman–Crippen MR) is 62.2 cm³/mol. The van der Waals surface area contributed by atoms with Gasteiger partial charge in [-0.25, -0.2) is 13.1 Å². The number of benzene rings is 1. The molecule has 0 fully saturated rings. The average Bonchev–Trinajstić information content (AvgIpc) is 2.18.